The molecule has 128 valence electrons. The number of aryl methyl sites for hydroxylation is 2. The van der Waals surface area contributed by atoms with Gasteiger partial charge < -0.3 is 5.32 Å². The van der Waals surface area contributed by atoms with Crippen LogP contribution in [0.25, 0.3) is 0 Å². The number of nitrogens with zero attached hydrogens (tertiary/aromatic N) is 2. The van der Waals surface area contributed by atoms with Crippen LogP contribution in [0, 0.1) is 13.8 Å². The largest absolute Gasteiger partial charge is 0.348 e. The first-order chi connectivity index (χ1) is 12.0. The maximum atomic E-state index is 12.3. The van der Waals surface area contributed by atoms with Gasteiger partial charge in [0.15, 0.2) is 0 Å². The Kier molecular flexibility index (Phi) is 5.19. The van der Waals surface area contributed by atoms with Crippen LogP contribution in [0.4, 0.5) is 0 Å². The summed E-state index contributed by atoms with van der Waals surface area (Å²) in [6.07, 6.45) is 0. The Labute approximate surface area is 152 Å². The van der Waals surface area contributed by atoms with Crippen molar-refractivity contribution in [2.24, 2.45) is 0 Å². The molecule has 0 saturated heterocycles. The van der Waals surface area contributed by atoms with E-state index >= 15 is 0 Å². The average molecular weight is 354 g/mol. The highest BCUT2D eigenvalue weighted by Crippen LogP contribution is 2.15. The van der Waals surface area contributed by atoms with Gasteiger partial charge in [0.25, 0.3) is 5.91 Å². The van der Waals surface area contributed by atoms with E-state index in [2.05, 4.69) is 16.5 Å². The maximum Gasteiger partial charge on any atom is 0.251 e. The summed E-state index contributed by atoms with van der Waals surface area (Å²) in [5, 5.41) is 8.01. The molecule has 2 aromatic carbocycles. The normalized spacial score (nSPS) is 10.7. The fourth-order valence-corrected chi connectivity index (χ4v) is 2.89. The highest BCUT2D eigenvalue weighted by molar-refractivity contribution is 6.31. The lowest BCUT2D eigenvalue weighted by Crippen LogP contribution is -2.22. The topological polar surface area (TPSA) is 46.9 Å². The zero-order chi connectivity index (χ0) is 17.8. The first-order valence-corrected chi connectivity index (χ1v) is 8.52. The third-order valence-corrected chi connectivity index (χ3v) is 4.42. The van der Waals surface area contributed by atoms with Crippen LogP contribution in [0.15, 0.2) is 54.6 Å². The summed E-state index contributed by atoms with van der Waals surface area (Å²) >= 11 is 6.11. The van der Waals surface area contributed by atoms with Gasteiger partial charge in [-0.05, 0) is 49.2 Å². The molecule has 0 atom stereocenters. The van der Waals surface area contributed by atoms with Crippen LogP contribution < -0.4 is 5.32 Å². The fraction of sp³-hybridized carbons (Fsp3) is 0.200. The molecule has 1 aromatic heterocycles. The van der Waals surface area contributed by atoms with Crippen LogP contribution >= 0.6 is 11.6 Å². The van der Waals surface area contributed by atoms with Crippen molar-refractivity contribution in [3.05, 3.63) is 87.7 Å². The zero-order valence-electron chi connectivity index (χ0n) is 14.3. The lowest BCUT2D eigenvalue weighted by Gasteiger charge is -2.08. The molecular weight excluding hydrogens is 334 g/mol. The number of halogens is 1. The number of carbonyl (C=O) groups excluding carboxylic acids is 1. The van der Waals surface area contributed by atoms with Crippen molar-refractivity contribution in [2.75, 3.05) is 0 Å². The van der Waals surface area contributed by atoms with Gasteiger partial charge in [0.1, 0.15) is 0 Å². The van der Waals surface area contributed by atoms with E-state index in [0.717, 1.165) is 22.5 Å². The summed E-state index contributed by atoms with van der Waals surface area (Å²) < 4.78 is 1.96. The average Bonchev–Trinajstić information content (AvgIpc) is 2.92. The van der Waals surface area contributed by atoms with Crippen molar-refractivity contribution in [3.8, 4) is 0 Å². The molecule has 25 heavy (non-hydrogen) atoms. The standard InChI is InChI=1S/C20H20ClN3O/c1-14-11-15(2)24(23-14)13-16-7-9-17(10-8-16)20(25)22-12-18-5-3-4-6-19(18)21/h3-11H,12-13H2,1-2H3,(H,22,25). The van der Waals surface area contributed by atoms with E-state index in [1.165, 1.54) is 0 Å². The highest BCUT2D eigenvalue weighted by atomic mass is 35.5. The van der Waals surface area contributed by atoms with E-state index in [9.17, 15) is 4.79 Å². The lowest BCUT2D eigenvalue weighted by molar-refractivity contribution is 0.0951. The molecule has 5 heteroatoms. The second kappa shape index (κ2) is 7.53. The minimum atomic E-state index is -0.113. The van der Waals surface area contributed by atoms with E-state index in [-0.39, 0.29) is 5.91 Å². The van der Waals surface area contributed by atoms with Crippen molar-refractivity contribution in [1.29, 1.82) is 0 Å². The molecule has 0 aliphatic carbocycles. The van der Waals surface area contributed by atoms with Crippen LogP contribution in [-0.2, 0) is 13.1 Å². The molecule has 0 aliphatic rings. The Morgan fingerprint density at radius 1 is 1.12 bits per heavy atom. The molecule has 0 bridgehead atoms. The van der Waals surface area contributed by atoms with Crippen molar-refractivity contribution in [1.82, 2.24) is 15.1 Å². The van der Waals surface area contributed by atoms with Crippen molar-refractivity contribution in [3.63, 3.8) is 0 Å². The predicted octanol–water partition coefficient (Wildman–Crippen LogP) is 4.13. The second-order valence-corrected chi connectivity index (χ2v) is 6.46. The van der Waals surface area contributed by atoms with Gasteiger partial charge in [-0.15, -0.1) is 0 Å². The zero-order valence-corrected chi connectivity index (χ0v) is 15.0. The van der Waals surface area contributed by atoms with Crippen LogP contribution in [0.5, 0.6) is 0 Å². The van der Waals surface area contributed by atoms with Gasteiger partial charge in [-0.1, -0.05) is 41.9 Å². The molecule has 0 spiro atoms. The van der Waals surface area contributed by atoms with Gasteiger partial charge in [-0.3, -0.25) is 9.48 Å². The van der Waals surface area contributed by atoms with Crippen molar-refractivity contribution in [2.45, 2.75) is 26.9 Å². The SMILES string of the molecule is Cc1cc(C)n(Cc2ccc(C(=O)NCc3ccccc3Cl)cc2)n1. The first kappa shape index (κ1) is 17.2. The number of carbonyl (C=O) groups is 1. The van der Waals surface area contributed by atoms with Crippen LogP contribution in [0.1, 0.15) is 32.9 Å². The molecule has 0 saturated carbocycles. The fourth-order valence-electron chi connectivity index (χ4n) is 2.69. The lowest BCUT2D eigenvalue weighted by atomic mass is 10.1. The monoisotopic (exact) mass is 353 g/mol. The molecule has 3 aromatic rings. The smallest absolute Gasteiger partial charge is 0.251 e. The number of amides is 1. The number of aromatic nitrogens is 2. The van der Waals surface area contributed by atoms with Crippen LogP contribution in [0.2, 0.25) is 5.02 Å². The molecule has 1 N–H and O–H groups in total. The summed E-state index contributed by atoms with van der Waals surface area (Å²) in [6.45, 7) is 5.12. The van der Waals surface area contributed by atoms with E-state index in [1.54, 1.807) is 0 Å². The summed E-state index contributed by atoms with van der Waals surface area (Å²) in [6, 6.07) is 17.1. The van der Waals surface area contributed by atoms with Gasteiger partial charge in [-0.25, -0.2) is 0 Å². The van der Waals surface area contributed by atoms with Gasteiger partial charge in [0, 0.05) is 22.8 Å². The molecule has 1 amide bonds. The Morgan fingerprint density at radius 2 is 1.84 bits per heavy atom. The van der Waals surface area contributed by atoms with Crippen molar-refractivity contribution < 1.29 is 4.79 Å². The minimum Gasteiger partial charge on any atom is -0.348 e. The van der Waals surface area contributed by atoms with Gasteiger partial charge in [-0.2, -0.15) is 5.10 Å². The summed E-state index contributed by atoms with van der Waals surface area (Å²) in [7, 11) is 0. The van der Waals surface area contributed by atoms with Gasteiger partial charge >= 0.3 is 0 Å². The second-order valence-electron chi connectivity index (χ2n) is 6.06. The first-order valence-electron chi connectivity index (χ1n) is 8.14. The maximum absolute atomic E-state index is 12.3. The van der Waals surface area contributed by atoms with Gasteiger partial charge in [0.05, 0.1) is 12.2 Å². The third kappa shape index (κ3) is 4.28. The Morgan fingerprint density at radius 3 is 2.48 bits per heavy atom. The third-order valence-electron chi connectivity index (χ3n) is 4.05. The molecule has 0 unspecified atom stereocenters. The molecular formula is C20H20ClN3O. The number of benzene rings is 2. The van der Waals surface area contributed by atoms with Crippen LogP contribution in [-0.4, -0.2) is 15.7 Å². The van der Waals surface area contributed by atoms with Gasteiger partial charge in [0.2, 0.25) is 0 Å². The molecule has 0 fully saturated rings. The molecule has 0 radical (unpaired) electrons. The molecule has 0 aliphatic heterocycles. The summed E-state index contributed by atoms with van der Waals surface area (Å²) in [5.41, 5.74) is 4.77. The van der Waals surface area contributed by atoms with E-state index < -0.39 is 0 Å². The summed E-state index contributed by atoms with van der Waals surface area (Å²) in [5.74, 6) is -0.113. The molecule has 3 rings (SSSR count). The van der Waals surface area contributed by atoms with E-state index in [0.29, 0.717) is 23.7 Å². The molecule has 1 heterocycles. The molecule has 4 nitrogen and oxygen atoms in total. The van der Waals surface area contributed by atoms with E-state index in [4.69, 9.17) is 11.6 Å². The van der Waals surface area contributed by atoms with Crippen LogP contribution in [0.3, 0.4) is 0 Å². The highest BCUT2D eigenvalue weighted by Gasteiger charge is 2.07. The quantitative estimate of drug-likeness (QED) is 0.749. The number of hydrogen-bond acceptors (Lipinski definition) is 2. The predicted molar refractivity (Wildman–Crippen MR) is 99.9 cm³/mol. The van der Waals surface area contributed by atoms with E-state index in [1.807, 2.05) is 67.1 Å². The number of nitrogens with one attached hydrogen (secondary N) is 1. The Hall–Kier alpha value is -2.59. The van der Waals surface area contributed by atoms with Crippen molar-refractivity contribution >= 4 is 17.5 Å². The Bertz CT molecular complexity index is 884. The summed E-state index contributed by atoms with van der Waals surface area (Å²) in [4.78, 5) is 12.3. The number of rotatable bonds is 5. The Balaban J connectivity index is 1.62. The minimum absolute atomic E-state index is 0.113. The number of hydrogen-bond donors (Lipinski definition) is 1.